The summed E-state index contributed by atoms with van der Waals surface area (Å²) >= 11 is 0. The zero-order chi connectivity index (χ0) is 20.3. The number of hydrogen-bond acceptors (Lipinski definition) is 4. The largest absolute Gasteiger partial charge is 0.380 e. The molecular weight excluding hydrogens is 362 g/mol. The van der Waals surface area contributed by atoms with Crippen molar-refractivity contribution >= 4 is 11.6 Å². The van der Waals surface area contributed by atoms with Crippen LogP contribution in [0.4, 0.5) is 14.5 Å². The van der Waals surface area contributed by atoms with E-state index >= 15 is 0 Å². The fourth-order valence-electron chi connectivity index (χ4n) is 3.52. The van der Waals surface area contributed by atoms with Crippen LogP contribution >= 0.6 is 0 Å². The fourth-order valence-corrected chi connectivity index (χ4v) is 3.52. The lowest BCUT2D eigenvalue weighted by Crippen LogP contribution is -2.45. The first-order valence-electron chi connectivity index (χ1n) is 9.67. The maximum absolute atomic E-state index is 13.4. The number of carbonyl (C=O) groups is 1. The summed E-state index contributed by atoms with van der Waals surface area (Å²) < 4.78 is 26.5. The molecule has 0 radical (unpaired) electrons. The minimum absolute atomic E-state index is 0.0272. The molecule has 1 N–H and O–H groups in total. The van der Waals surface area contributed by atoms with Gasteiger partial charge in [0.25, 0.3) is 5.91 Å². The molecule has 28 heavy (non-hydrogen) atoms. The normalized spacial score (nSPS) is 17.1. The van der Waals surface area contributed by atoms with Crippen molar-refractivity contribution < 1.29 is 13.6 Å². The van der Waals surface area contributed by atoms with E-state index in [1.807, 2.05) is 0 Å². The van der Waals surface area contributed by atoms with Crippen molar-refractivity contribution in [2.24, 2.45) is 5.92 Å². The second-order valence-electron chi connectivity index (χ2n) is 7.75. The number of nitrogens with zero attached hydrogens (tertiary/aromatic N) is 3. The molecule has 2 heterocycles. The number of aryl methyl sites for hydroxylation is 1. The summed E-state index contributed by atoms with van der Waals surface area (Å²) in [7, 11) is 0. The van der Waals surface area contributed by atoms with E-state index in [0.29, 0.717) is 36.2 Å². The summed E-state index contributed by atoms with van der Waals surface area (Å²) in [4.78, 5) is 23.5. The number of nitrogens with one attached hydrogen (secondary N) is 1. The van der Waals surface area contributed by atoms with Gasteiger partial charge in [-0.05, 0) is 50.3 Å². The molecule has 0 spiro atoms. The lowest BCUT2D eigenvalue weighted by Gasteiger charge is -2.33. The Kier molecular flexibility index (Phi) is 6.21. The van der Waals surface area contributed by atoms with Crippen LogP contribution in [0.25, 0.3) is 0 Å². The number of aromatic nitrogens is 2. The van der Waals surface area contributed by atoms with Gasteiger partial charge < -0.3 is 10.2 Å². The third-order valence-electron chi connectivity index (χ3n) is 4.73. The molecule has 7 heteroatoms. The zero-order valence-corrected chi connectivity index (χ0v) is 16.5. The van der Waals surface area contributed by atoms with E-state index in [9.17, 15) is 13.6 Å². The van der Waals surface area contributed by atoms with Crippen LogP contribution in [0.2, 0.25) is 0 Å². The van der Waals surface area contributed by atoms with Crippen molar-refractivity contribution in [1.29, 1.82) is 0 Å². The maximum atomic E-state index is 13.4. The Hall–Kier alpha value is -2.57. The van der Waals surface area contributed by atoms with Crippen LogP contribution in [0, 0.1) is 24.5 Å². The lowest BCUT2D eigenvalue weighted by atomic mass is 10.0. The average molecular weight is 388 g/mol. The summed E-state index contributed by atoms with van der Waals surface area (Å²) in [5.41, 5.74) is 1.80. The Morgan fingerprint density at radius 2 is 2.04 bits per heavy atom. The molecule has 3 rings (SSSR count). The standard InChI is InChI=1S/C21H26F2N4O/c1-13(2)9-17-11-20(25-14(3)24-17)21(28)27-8-4-5-16(12-27)26-15-6-7-18(22)19(23)10-15/h6-7,10-11,13,16,26H,4-5,8-9,12H2,1-3H3. The molecule has 1 aliphatic heterocycles. The van der Waals surface area contributed by atoms with Gasteiger partial charge in [0.2, 0.25) is 0 Å². The van der Waals surface area contributed by atoms with Crippen LogP contribution in [-0.2, 0) is 6.42 Å². The first-order chi connectivity index (χ1) is 13.3. The second kappa shape index (κ2) is 8.63. The van der Waals surface area contributed by atoms with Gasteiger partial charge in [0.05, 0.1) is 0 Å². The average Bonchev–Trinajstić information content (AvgIpc) is 2.63. The van der Waals surface area contributed by atoms with Crippen molar-refractivity contribution in [3.8, 4) is 0 Å². The molecule has 0 saturated carbocycles. The maximum Gasteiger partial charge on any atom is 0.272 e. The van der Waals surface area contributed by atoms with Gasteiger partial charge in [0.1, 0.15) is 11.5 Å². The molecule has 2 aromatic rings. The Balaban J connectivity index is 1.70. The number of anilines is 1. The number of hydrogen-bond donors (Lipinski definition) is 1. The summed E-state index contributed by atoms with van der Waals surface area (Å²) in [6.07, 6.45) is 2.48. The quantitative estimate of drug-likeness (QED) is 0.842. The monoisotopic (exact) mass is 388 g/mol. The van der Waals surface area contributed by atoms with Gasteiger partial charge in [-0.15, -0.1) is 0 Å². The van der Waals surface area contributed by atoms with Crippen LogP contribution in [0.3, 0.4) is 0 Å². The molecular formula is C21H26F2N4O. The number of benzene rings is 1. The molecule has 5 nitrogen and oxygen atoms in total. The van der Waals surface area contributed by atoms with Gasteiger partial charge >= 0.3 is 0 Å². The number of carbonyl (C=O) groups excluding carboxylic acids is 1. The summed E-state index contributed by atoms with van der Waals surface area (Å²) in [5.74, 6) is -0.843. The van der Waals surface area contributed by atoms with E-state index in [0.717, 1.165) is 37.1 Å². The SMILES string of the molecule is Cc1nc(CC(C)C)cc(C(=O)N2CCCC(Nc3ccc(F)c(F)c3)C2)n1. The van der Waals surface area contributed by atoms with Gasteiger partial charge in [0.15, 0.2) is 11.6 Å². The molecule has 1 atom stereocenters. The van der Waals surface area contributed by atoms with Crippen LogP contribution in [0.15, 0.2) is 24.3 Å². The molecule has 1 amide bonds. The Labute approximate surface area is 164 Å². The van der Waals surface area contributed by atoms with Crippen molar-refractivity contribution in [3.63, 3.8) is 0 Å². The number of piperidine rings is 1. The topological polar surface area (TPSA) is 58.1 Å². The van der Waals surface area contributed by atoms with Crippen LogP contribution in [-0.4, -0.2) is 39.9 Å². The van der Waals surface area contributed by atoms with Crippen molar-refractivity contribution in [2.45, 2.75) is 46.1 Å². The van der Waals surface area contributed by atoms with Crippen LogP contribution in [0.1, 0.15) is 48.7 Å². The highest BCUT2D eigenvalue weighted by molar-refractivity contribution is 5.92. The summed E-state index contributed by atoms with van der Waals surface area (Å²) in [6.45, 7) is 7.15. The van der Waals surface area contributed by atoms with E-state index in [-0.39, 0.29) is 11.9 Å². The van der Waals surface area contributed by atoms with Crippen LogP contribution < -0.4 is 5.32 Å². The first kappa shape index (κ1) is 20.2. The van der Waals surface area contributed by atoms with E-state index < -0.39 is 11.6 Å². The molecule has 0 bridgehead atoms. The number of halogens is 2. The number of amides is 1. The third-order valence-corrected chi connectivity index (χ3v) is 4.73. The predicted molar refractivity (Wildman–Crippen MR) is 104 cm³/mol. The predicted octanol–water partition coefficient (Wildman–Crippen LogP) is 3.98. The molecule has 150 valence electrons. The molecule has 1 fully saturated rings. The smallest absolute Gasteiger partial charge is 0.272 e. The van der Waals surface area contributed by atoms with Gasteiger partial charge in [-0.3, -0.25) is 4.79 Å². The van der Waals surface area contributed by atoms with Gasteiger partial charge in [0, 0.05) is 36.6 Å². The van der Waals surface area contributed by atoms with E-state index in [1.165, 1.54) is 6.07 Å². The van der Waals surface area contributed by atoms with E-state index in [1.54, 1.807) is 17.9 Å². The van der Waals surface area contributed by atoms with Gasteiger partial charge in [-0.25, -0.2) is 18.7 Å². The molecule has 1 aliphatic rings. The zero-order valence-electron chi connectivity index (χ0n) is 16.5. The van der Waals surface area contributed by atoms with E-state index in [2.05, 4.69) is 29.1 Å². The molecule has 1 unspecified atom stereocenters. The van der Waals surface area contributed by atoms with Crippen LogP contribution in [0.5, 0.6) is 0 Å². The highest BCUT2D eigenvalue weighted by Crippen LogP contribution is 2.20. The molecule has 1 saturated heterocycles. The Morgan fingerprint density at radius 3 is 2.75 bits per heavy atom. The summed E-state index contributed by atoms with van der Waals surface area (Å²) in [5, 5.41) is 3.20. The Morgan fingerprint density at radius 1 is 1.25 bits per heavy atom. The van der Waals surface area contributed by atoms with Gasteiger partial charge in [-0.2, -0.15) is 0 Å². The highest BCUT2D eigenvalue weighted by atomic mass is 19.2. The highest BCUT2D eigenvalue weighted by Gasteiger charge is 2.26. The van der Waals surface area contributed by atoms with Crippen molar-refractivity contribution in [1.82, 2.24) is 14.9 Å². The minimum Gasteiger partial charge on any atom is -0.380 e. The molecule has 0 aliphatic carbocycles. The third kappa shape index (κ3) is 5.03. The first-order valence-corrected chi connectivity index (χ1v) is 9.67. The van der Waals surface area contributed by atoms with Crippen molar-refractivity contribution in [2.75, 3.05) is 18.4 Å². The van der Waals surface area contributed by atoms with E-state index in [4.69, 9.17) is 0 Å². The fraction of sp³-hybridized carbons (Fsp3) is 0.476. The molecule has 1 aromatic carbocycles. The van der Waals surface area contributed by atoms with Crippen molar-refractivity contribution in [3.05, 3.63) is 53.1 Å². The second-order valence-corrected chi connectivity index (χ2v) is 7.75. The van der Waals surface area contributed by atoms with Gasteiger partial charge in [-0.1, -0.05) is 13.8 Å². The number of rotatable bonds is 5. The summed E-state index contributed by atoms with van der Waals surface area (Å²) in [6, 6.07) is 5.50. The minimum atomic E-state index is -0.886. The Bertz CT molecular complexity index is 856. The lowest BCUT2D eigenvalue weighted by molar-refractivity contribution is 0.0708. The number of likely N-dealkylation sites (tertiary alicyclic amines) is 1. The molecule has 1 aromatic heterocycles.